The van der Waals surface area contributed by atoms with Crippen molar-refractivity contribution in [1.82, 2.24) is 4.98 Å². The number of aliphatic hydroxyl groups excluding tert-OH is 1. The molecule has 0 amide bonds. The van der Waals surface area contributed by atoms with Crippen molar-refractivity contribution >= 4 is 34.1 Å². The van der Waals surface area contributed by atoms with Crippen LogP contribution in [0.1, 0.15) is 11.0 Å². The van der Waals surface area contributed by atoms with Crippen LogP contribution in [0.25, 0.3) is 22.1 Å². The van der Waals surface area contributed by atoms with E-state index in [1.54, 1.807) is 30.3 Å². The van der Waals surface area contributed by atoms with Gasteiger partial charge in [-0.2, -0.15) is 13.2 Å². The van der Waals surface area contributed by atoms with E-state index in [-0.39, 0.29) is 10.5 Å². The molecule has 0 fully saturated rings. The molecule has 0 spiro atoms. The summed E-state index contributed by atoms with van der Waals surface area (Å²) in [4.78, 5) is 16.2. The van der Waals surface area contributed by atoms with E-state index in [0.717, 1.165) is 29.3 Å². The average Bonchev–Trinajstić information content (AvgIpc) is 3.14. The molecule has 0 saturated carbocycles. The van der Waals surface area contributed by atoms with Gasteiger partial charge in [0.05, 0.1) is 4.88 Å². The zero-order valence-corrected chi connectivity index (χ0v) is 16.4. The molecule has 1 unspecified atom stereocenters. The van der Waals surface area contributed by atoms with E-state index in [1.165, 1.54) is 18.2 Å². The Kier molecular flexibility index (Phi) is 5.39. The number of benzene rings is 2. The van der Waals surface area contributed by atoms with Gasteiger partial charge >= 0.3 is 11.8 Å². The molecule has 0 aliphatic rings. The van der Waals surface area contributed by atoms with Crippen LogP contribution < -0.4 is 5.63 Å². The summed E-state index contributed by atoms with van der Waals surface area (Å²) in [7, 11) is 0. The van der Waals surface area contributed by atoms with Crippen molar-refractivity contribution < 1.29 is 27.1 Å². The summed E-state index contributed by atoms with van der Waals surface area (Å²) in [6.45, 7) is 0. The Morgan fingerprint density at radius 1 is 1.10 bits per heavy atom. The van der Waals surface area contributed by atoms with Gasteiger partial charge in [-0.3, -0.25) is 0 Å². The first-order valence-electron chi connectivity index (χ1n) is 8.43. The van der Waals surface area contributed by atoms with Gasteiger partial charge in [0.25, 0.3) is 0 Å². The highest BCUT2D eigenvalue weighted by Crippen LogP contribution is 2.40. The van der Waals surface area contributed by atoms with Gasteiger partial charge in [-0.15, -0.1) is 11.3 Å². The van der Waals surface area contributed by atoms with Gasteiger partial charge in [-0.25, -0.2) is 14.2 Å². The molecule has 2 heterocycles. The molecule has 2 aromatic carbocycles. The third-order valence-electron chi connectivity index (χ3n) is 4.16. The normalized spacial score (nSPS) is 13.0. The smallest absolute Gasteiger partial charge is 0.419 e. The molecule has 2 aromatic heterocycles. The minimum Gasteiger partial charge on any atom is -0.423 e. The first kappa shape index (κ1) is 20.6. The van der Waals surface area contributed by atoms with Gasteiger partial charge in [0.1, 0.15) is 11.4 Å². The summed E-state index contributed by atoms with van der Waals surface area (Å²) >= 11 is 1.80. The fourth-order valence-electron chi connectivity index (χ4n) is 2.78. The summed E-state index contributed by atoms with van der Waals surface area (Å²) in [5.74, 6) is -0.400. The molecule has 4 nitrogen and oxygen atoms in total. The highest BCUT2D eigenvalue weighted by molar-refractivity contribution is 8.01. The summed E-state index contributed by atoms with van der Waals surface area (Å²) < 4.78 is 56.7. The highest BCUT2D eigenvalue weighted by atomic mass is 32.2. The second kappa shape index (κ2) is 7.86. The zero-order chi connectivity index (χ0) is 21.5. The van der Waals surface area contributed by atoms with Gasteiger partial charge in [-0.05, 0) is 41.5 Å². The molecule has 154 valence electrons. The third kappa shape index (κ3) is 4.25. The Balaban J connectivity index is 1.67. The van der Waals surface area contributed by atoms with Gasteiger partial charge < -0.3 is 9.52 Å². The molecule has 0 radical (unpaired) electrons. The topological polar surface area (TPSA) is 63.3 Å². The Labute approximate surface area is 174 Å². The maximum Gasteiger partial charge on any atom is 0.419 e. The average molecular weight is 453 g/mol. The second-order valence-corrected chi connectivity index (χ2v) is 8.60. The lowest BCUT2D eigenvalue weighted by atomic mass is 10.0. The lowest BCUT2D eigenvalue weighted by Gasteiger charge is -2.11. The minimum absolute atomic E-state index is 0.277. The molecule has 0 aliphatic heterocycles. The molecule has 0 bridgehead atoms. The Morgan fingerprint density at radius 2 is 1.83 bits per heavy atom. The molecule has 30 heavy (non-hydrogen) atoms. The largest absolute Gasteiger partial charge is 0.423 e. The van der Waals surface area contributed by atoms with E-state index in [9.17, 15) is 27.5 Å². The molecule has 4 aromatic rings. The number of rotatable bonds is 4. The van der Waals surface area contributed by atoms with E-state index >= 15 is 0 Å². The molecular weight excluding hydrogens is 442 g/mol. The Morgan fingerprint density at radius 3 is 2.53 bits per heavy atom. The number of nitrogens with zero attached hydrogens (tertiary/aromatic N) is 1. The number of thiazole rings is 1. The molecule has 0 saturated heterocycles. The molecular formula is C20H11F4NO3S2. The van der Waals surface area contributed by atoms with Gasteiger partial charge in [0.15, 0.2) is 10.4 Å². The predicted octanol–water partition coefficient (Wildman–Crippen LogP) is 5.80. The first-order valence-corrected chi connectivity index (χ1v) is 10.1. The number of aliphatic hydroxyl groups is 1. The lowest BCUT2D eigenvalue weighted by Crippen LogP contribution is -2.18. The van der Waals surface area contributed by atoms with Crippen LogP contribution in [-0.2, 0) is 0 Å². The molecule has 10 heteroatoms. The van der Waals surface area contributed by atoms with Crippen LogP contribution in [0, 0.1) is 5.82 Å². The number of hydrogen-bond acceptors (Lipinski definition) is 6. The van der Waals surface area contributed by atoms with Crippen LogP contribution in [0.2, 0.25) is 0 Å². The molecule has 4 rings (SSSR count). The summed E-state index contributed by atoms with van der Waals surface area (Å²) in [6.07, 6.45) is -6.37. The molecule has 1 atom stereocenters. The number of fused-ring (bicyclic) bond motifs is 1. The van der Waals surface area contributed by atoms with Crippen molar-refractivity contribution in [2.24, 2.45) is 0 Å². The molecule has 1 N–H and O–H groups in total. The van der Waals surface area contributed by atoms with Crippen molar-refractivity contribution in [3.8, 4) is 11.1 Å². The fraction of sp³-hybridized carbons (Fsp3) is 0.100. The van der Waals surface area contributed by atoms with Crippen molar-refractivity contribution in [2.45, 2.75) is 21.5 Å². The van der Waals surface area contributed by atoms with Crippen LogP contribution >= 0.6 is 23.1 Å². The van der Waals surface area contributed by atoms with Gasteiger partial charge in [0.2, 0.25) is 0 Å². The van der Waals surface area contributed by atoms with Crippen molar-refractivity contribution in [2.75, 3.05) is 0 Å². The third-order valence-corrected chi connectivity index (χ3v) is 6.27. The number of halogens is 4. The van der Waals surface area contributed by atoms with Crippen LogP contribution in [0.15, 0.2) is 73.2 Å². The van der Waals surface area contributed by atoms with Crippen LogP contribution in [-0.4, -0.2) is 16.3 Å². The summed E-state index contributed by atoms with van der Waals surface area (Å²) in [5.41, 5.74) is 0.899. The number of aromatic nitrogens is 1. The molecule has 0 aliphatic carbocycles. The second-order valence-electron chi connectivity index (χ2n) is 6.22. The van der Waals surface area contributed by atoms with E-state index in [4.69, 9.17) is 4.42 Å². The minimum atomic E-state index is -4.77. The predicted molar refractivity (Wildman–Crippen MR) is 105 cm³/mol. The Hall–Kier alpha value is -2.69. The van der Waals surface area contributed by atoms with Crippen LogP contribution in [0.3, 0.4) is 0 Å². The maximum atomic E-state index is 13.2. The van der Waals surface area contributed by atoms with Crippen molar-refractivity contribution in [3.63, 3.8) is 0 Å². The fourth-order valence-corrected chi connectivity index (χ4v) is 4.79. The highest BCUT2D eigenvalue weighted by Gasteiger charge is 2.40. The summed E-state index contributed by atoms with van der Waals surface area (Å²) in [6, 6.07) is 12.0. The van der Waals surface area contributed by atoms with Crippen LogP contribution in [0.4, 0.5) is 17.6 Å². The van der Waals surface area contributed by atoms with E-state index in [2.05, 4.69) is 4.98 Å². The van der Waals surface area contributed by atoms with Crippen LogP contribution in [0.5, 0.6) is 0 Å². The first-order chi connectivity index (χ1) is 14.2. The van der Waals surface area contributed by atoms with E-state index in [0.29, 0.717) is 25.7 Å². The quantitative estimate of drug-likeness (QED) is 0.312. The van der Waals surface area contributed by atoms with E-state index in [1.807, 2.05) is 0 Å². The Bertz CT molecular complexity index is 1270. The zero-order valence-electron chi connectivity index (χ0n) is 14.8. The number of alkyl halides is 3. The van der Waals surface area contributed by atoms with Crippen molar-refractivity contribution in [1.29, 1.82) is 0 Å². The standard InChI is InChI=1S/C20H11F4NO3S2/c21-11-3-1-10(2-4-11)14-8-17(26)28-15-7-12(5-6-13(14)15)29-19-25-9-16(30-19)18(27)20(22,23)24/h1-9,18,27H. The summed E-state index contributed by atoms with van der Waals surface area (Å²) in [5, 5.41) is 9.95. The lowest BCUT2D eigenvalue weighted by molar-refractivity contribution is -0.205. The SMILES string of the molecule is O=c1cc(-c2ccc(F)cc2)c2ccc(Sc3ncc(C(O)C(F)(F)F)s3)cc2o1. The monoisotopic (exact) mass is 453 g/mol. The van der Waals surface area contributed by atoms with Gasteiger partial charge in [-0.1, -0.05) is 23.9 Å². The van der Waals surface area contributed by atoms with E-state index < -0.39 is 23.7 Å². The van der Waals surface area contributed by atoms with Gasteiger partial charge in [0, 0.05) is 22.5 Å². The maximum absolute atomic E-state index is 13.2. The van der Waals surface area contributed by atoms with Crippen molar-refractivity contribution in [3.05, 3.63) is 75.8 Å². The number of hydrogen-bond donors (Lipinski definition) is 1.